The molecule has 0 atom stereocenters. The van der Waals surface area contributed by atoms with Crippen molar-refractivity contribution in [1.82, 2.24) is 20.0 Å². The average molecular weight is 467 g/mol. The number of aromatic nitrogens is 4. The summed E-state index contributed by atoms with van der Waals surface area (Å²) in [4.78, 5) is 12.9. The second-order valence-electron chi connectivity index (χ2n) is 7.24. The Bertz CT molecular complexity index is 1470. The van der Waals surface area contributed by atoms with Crippen LogP contribution in [0.15, 0.2) is 53.4 Å². The van der Waals surface area contributed by atoms with Crippen LogP contribution in [0.4, 0.5) is 0 Å². The number of ether oxygens (including phenoxy) is 1. The van der Waals surface area contributed by atoms with Gasteiger partial charge in [-0.1, -0.05) is 41.7 Å². The predicted molar refractivity (Wildman–Crippen MR) is 119 cm³/mol. The highest BCUT2D eigenvalue weighted by Crippen LogP contribution is 2.41. The van der Waals surface area contributed by atoms with Gasteiger partial charge in [-0.05, 0) is 32.0 Å². The fourth-order valence-corrected chi connectivity index (χ4v) is 6.08. The predicted octanol–water partition coefficient (Wildman–Crippen LogP) is 3.83. The van der Waals surface area contributed by atoms with E-state index in [-0.39, 0.29) is 22.9 Å². The zero-order valence-corrected chi connectivity index (χ0v) is 18.9. The second kappa shape index (κ2) is 7.64. The van der Waals surface area contributed by atoms with Gasteiger partial charge in [0, 0.05) is 16.7 Å². The third-order valence-corrected chi connectivity index (χ3v) is 7.71. The van der Waals surface area contributed by atoms with E-state index in [1.165, 1.54) is 11.3 Å². The first-order valence-corrected chi connectivity index (χ1v) is 12.4. The molecule has 0 saturated heterocycles. The minimum atomic E-state index is -3.62. The Morgan fingerprint density at radius 3 is 2.72 bits per heavy atom. The van der Waals surface area contributed by atoms with Crippen molar-refractivity contribution in [1.29, 1.82) is 0 Å². The molecule has 0 spiro atoms. The summed E-state index contributed by atoms with van der Waals surface area (Å²) in [5, 5.41) is 14.4. The van der Waals surface area contributed by atoms with E-state index < -0.39 is 15.8 Å². The van der Waals surface area contributed by atoms with Gasteiger partial charge in [-0.15, -0.1) is 10.2 Å². The molecular formula is C22H18N4O4S2. The van der Waals surface area contributed by atoms with Crippen LogP contribution in [0.5, 0.6) is 0 Å². The lowest BCUT2D eigenvalue weighted by Crippen LogP contribution is -2.16. The Kier molecular flexibility index (Phi) is 4.90. The molecule has 0 aliphatic carbocycles. The smallest absolute Gasteiger partial charge is 0.359 e. The highest BCUT2D eigenvalue weighted by Gasteiger charge is 2.36. The zero-order valence-electron chi connectivity index (χ0n) is 17.3. The molecule has 0 fully saturated rings. The van der Waals surface area contributed by atoms with Crippen molar-refractivity contribution in [3.63, 3.8) is 0 Å². The summed E-state index contributed by atoms with van der Waals surface area (Å²) in [6.45, 7) is 3.74. The number of carbonyl (C=O) groups is 1. The van der Waals surface area contributed by atoms with Crippen LogP contribution in [-0.4, -0.2) is 41.0 Å². The van der Waals surface area contributed by atoms with Crippen LogP contribution in [0.3, 0.4) is 0 Å². The van der Waals surface area contributed by atoms with Gasteiger partial charge in [-0.25, -0.2) is 17.9 Å². The van der Waals surface area contributed by atoms with Crippen molar-refractivity contribution >= 4 is 27.1 Å². The van der Waals surface area contributed by atoms with E-state index in [1.807, 2.05) is 31.2 Å². The third kappa shape index (κ3) is 3.32. The SMILES string of the molecule is CCOC(=O)c1nn(-c2cccc(-c3nnc(C)s3)c2)c2c1CS(=O)(=O)c1ccccc1-2. The van der Waals surface area contributed by atoms with Crippen molar-refractivity contribution in [3.05, 3.63) is 64.8 Å². The Hall–Kier alpha value is -3.37. The van der Waals surface area contributed by atoms with Gasteiger partial charge in [0.1, 0.15) is 10.0 Å². The molecule has 4 aromatic rings. The highest BCUT2D eigenvalue weighted by atomic mass is 32.2. The highest BCUT2D eigenvalue weighted by molar-refractivity contribution is 7.90. The van der Waals surface area contributed by atoms with Crippen LogP contribution < -0.4 is 0 Å². The Labute approximate surface area is 188 Å². The number of hydrogen-bond donors (Lipinski definition) is 0. The maximum absolute atomic E-state index is 13.0. The summed E-state index contributed by atoms with van der Waals surface area (Å²) in [5.41, 5.74) is 2.97. The number of sulfone groups is 1. The maximum atomic E-state index is 13.0. The lowest BCUT2D eigenvalue weighted by atomic mass is 10.1. The number of carbonyl (C=O) groups excluding carboxylic acids is 1. The fourth-order valence-electron chi connectivity index (χ4n) is 3.80. The van der Waals surface area contributed by atoms with E-state index in [4.69, 9.17) is 4.74 Å². The molecule has 0 radical (unpaired) electrons. The molecule has 0 N–H and O–H groups in total. The molecule has 3 heterocycles. The van der Waals surface area contributed by atoms with Gasteiger partial charge in [0.2, 0.25) is 0 Å². The van der Waals surface area contributed by atoms with Crippen LogP contribution in [0.25, 0.3) is 27.5 Å². The number of aryl methyl sites for hydroxylation is 1. The lowest BCUT2D eigenvalue weighted by molar-refractivity contribution is 0.0518. The first-order chi connectivity index (χ1) is 15.4. The molecular weight excluding hydrogens is 448 g/mol. The van der Waals surface area contributed by atoms with Crippen molar-refractivity contribution in [2.45, 2.75) is 24.5 Å². The Balaban J connectivity index is 1.76. The minimum Gasteiger partial charge on any atom is -0.461 e. The molecule has 1 aliphatic rings. The van der Waals surface area contributed by atoms with E-state index in [0.29, 0.717) is 22.5 Å². The van der Waals surface area contributed by atoms with Gasteiger partial charge in [-0.3, -0.25) is 0 Å². The first-order valence-electron chi connectivity index (χ1n) is 9.91. The standard InChI is InChI=1S/C22H18N4O4S2/c1-3-30-22(27)19-17-12-32(28,29)18-10-5-4-9-16(18)20(17)26(25-19)15-8-6-7-14(11-15)21-24-23-13(2)31-21/h4-11H,3,12H2,1-2H3. The molecule has 0 amide bonds. The number of esters is 1. The molecule has 162 valence electrons. The topological polar surface area (TPSA) is 104 Å². The molecule has 5 rings (SSSR count). The Morgan fingerprint density at radius 1 is 1.16 bits per heavy atom. The van der Waals surface area contributed by atoms with Gasteiger partial charge in [0.15, 0.2) is 15.5 Å². The van der Waals surface area contributed by atoms with Crippen LogP contribution in [0.2, 0.25) is 0 Å². The van der Waals surface area contributed by atoms with Crippen LogP contribution in [-0.2, 0) is 20.3 Å². The number of fused-ring (bicyclic) bond motifs is 3. The van der Waals surface area contributed by atoms with Crippen molar-refractivity contribution in [3.8, 4) is 27.5 Å². The largest absolute Gasteiger partial charge is 0.461 e. The molecule has 2 aromatic heterocycles. The minimum absolute atomic E-state index is 0.0112. The van der Waals surface area contributed by atoms with Crippen LogP contribution in [0.1, 0.15) is 28.0 Å². The molecule has 32 heavy (non-hydrogen) atoms. The van der Waals surface area contributed by atoms with E-state index in [1.54, 1.807) is 35.9 Å². The maximum Gasteiger partial charge on any atom is 0.359 e. The summed E-state index contributed by atoms with van der Waals surface area (Å²) >= 11 is 1.47. The summed E-state index contributed by atoms with van der Waals surface area (Å²) < 4.78 is 32.7. The number of hydrogen-bond acceptors (Lipinski definition) is 8. The molecule has 0 bridgehead atoms. The normalized spacial score (nSPS) is 13.9. The zero-order chi connectivity index (χ0) is 22.5. The number of rotatable bonds is 4. The number of benzene rings is 2. The van der Waals surface area contributed by atoms with Crippen molar-refractivity contribution < 1.29 is 17.9 Å². The van der Waals surface area contributed by atoms with E-state index in [0.717, 1.165) is 15.6 Å². The van der Waals surface area contributed by atoms with Gasteiger partial charge in [0.25, 0.3) is 0 Å². The summed E-state index contributed by atoms with van der Waals surface area (Å²) in [7, 11) is -3.62. The van der Waals surface area contributed by atoms with E-state index in [2.05, 4.69) is 15.3 Å². The lowest BCUT2D eigenvalue weighted by Gasteiger charge is -2.19. The Morgan fingerprint density at radius 2 is 1.97 bits per heavy atom. The van der Waals surface area contributed by atoms with Crippen molar-refractivity contribution in [2.24, 2.45) is 0 Å². The summed E-state index contributed by atoms with van der Waals surface area (Å²) in [6.07, 6.45) is 0. The van der Waals surface area contributed by atoms with Crippen LogP contribution >= 0.6 is 11.3 Å². The second-order valence-corrected chi connectivity index (χ2v) is 10.4. The van der Waals surface area contributed by atoms with Gasteiger partial charge in [-0.2, -0.15) is 5.10 Å². The monoisotopic (exact) mass is 466 g/mol. The van der Waals surface area contributed by atoms with Crippen LogP contribution in [0, 0.1) is 6.92 Å². The van der Waals surface area contributed by atoms with Gasteiger partial charge < -0.3 is 4.74 Å². The molecule has 2 aromatic carbocycles. The molecule has 10 heteroatoms. The number of nitrogens with zero attached hydrogens (tertiary/aromatic N) is 4. The quantitative estimate of drug-likeness (QED) is 0.421. The van der Waals surface area contributed by atoms with E-state index in [9.17, 15) is 13.2 Å². The third-order valence-electron chi connectivity index (χ3n) is 5.13. The fraction of sp³-hybridized carbons (Fsp3) is 0.182. The van der Waals surface area contributed by atoms with Gasteiger partial charge >= 0.3 is 5.97 Å². The van der Waals surface area contributed by atoms with E-state index >= 15 is 0 Å². The molecule has 0 unspecified atom stereocenters. The molecule has 0 saturated carbocycles. The molecule has 1 aliphatic heterocycles. The van der Waals surface area contributed by atoms with Crippen molar-refractivity contribution in [2.75, 3.05) is 6.61 Å². The van der Waals surface area contributed by atoms with Gasteiger partial charge in [0.05, 0.1) is 28.6 Å². The first kappa shape index (κ1) is 20.5. The average Bonchev–Trinajstić information content (AvgIpc) is 3.38. The summed E-state index contributed by atoms with van der Waals surface area (Å²) in [5.74, 6) is -0.962. The molecule has 8 nitrogen and oxygen atoms in total. The summed E-state index contributed by atoms with van der Waals surface area (Å²) in [6, 6.07) is 14.3.